The van der Waals surface area contributed by atoms with Crippen LogP contribution in [0.25, 0.3) is 0 Å². The fourth-order valence-electron chi connectivity index (χ4n) is 2.43. The number of rotatable bonds is 2. The van der Waals surface area contributed by atoms with Gasteiger partial charge in [0.2, 0.25) is 5.91 Å². The number of ether oxygens (including phenoxy) is 1. The molecule has 2 rings (SSSR count). The van der Waals surface area contributed by atoms with Crippen LogP contribution in [0.3, 0.4) is 0 Å². The zero-order valence-electron chi connectivity index (χ0n) is 13.6. The molecule has 0 radical (unpaired) electrons. The van der Waals surface area contributed by atoms with Gasteiger partial charge in [-0.05, 0) is 40.0 Å². The van der Waals surface area contributed by atoms with Gasteiger partial charge >= 0.3 is 6.09 Å². The highest BCUT2D eigenvalue weighted by Crippen LogP contribution is 2.21. The van der Waals surface area contributed by atoms with E-state index in [4.69, 9.17) is 4.74 Å². The number of aryl methyl sites for hydroxylation is 1. The third-order valence-electron chi connectivity index (χ3n) is 3.40. The zero-order chi connectivity index (χ0) is 16.3. The van der Waals surface area contributed by atoms with Crippen LogP contribution in [0.2, 0.25) is 0 Å². The number of carbonyl (C=O) groups is 2. The Labute approximate surface area is 130 Å². The van der Waals surface area contributed by atoms with Crippen molar-refractivity contribution in [3.63, 3.8) is 0 Å². The second-order valence-corrected chi connectivity index (χ2v) is 6.55. The molecule has 0 aliphatic carbocycles. The molecule has 1 aromatic heterocycles. The fourth-order valence-corrected chi connectivity index (χ4v) is 2.43. The van der Waals surface area contributed by atoms with Gasteiger partial charge in [0.15, 0.2) is 5.82 Å². The second-order valence-electron chi connectivity index (χ2n) is 6.55. The molecule has 1 N–H and O–H groups in total. The summed E-state index contributed by atoms with van der Waals surface area (Å²) in [6.07, 6.45) is 3.75. The van der Waals surface area contributed by atoms with E-state index in [0.29, 0.717) is 18.8 Å². The number of piperidine rings is 1. The number of aromatic nitrogens is 2. The highest BCUT2D eigenvalue weighted by molar-refractivity contribution is 5.95. The lowest BCUT2D eigenvalue weighted by atomic mass is 10.0. The van der Waals surface area contributed by atoms with E-state index >= 15 is 0 Å². The van der Waals surface area contributed by atoms with Gasteiger partial charge < -0.3 is 10.1 Å². The summed E-state index contributed by atoms with van der Waals surface area (Å²) in [5, 5.41) is 6.88. The Morgan fingerprint density at radius 3 is 2.68 bits per heavy atom. The van der Waals surface area contributed by atoms with Crippen LogP contribution in [0.1, 0.15) is 40.0 Å². The first-order valence-electron chi connectivity index (χ1n) is 7.56. The molecule has 2 amide bonds. The summed E-state index contributed by atoms with van der Waals surface area (Å²) in [4.78, 5) is 26.3. The van der Waals surface area contributed by atoms with Gasteiger partial charge in [0.05, 0.1) is 0 Å². The third-order valence-corrected chi connectivity index (χ3v) is 3.40. The van der Waals surface area contributed by atoms with Crippen LogP contribution in [0.5, 0.6) is 0 Å². The minimum absolute atomic E-state index is 0.218. The molecule has 7 heteroatoms. The number of carbonyl (C=O) groups excluding carboxylic acids is 2. The monoisotopic (exact) mass is 308 g/mol. The number of likely N-dealkylation sites (tertiary alicyclic amines) is 1. The molecule has 1 aromatic rings. The lowest BCUT2D eigenvalue weighted by molar-refractivity contribution is -0.122. The fraction of sp³-hybridized carbons (Fsp3) is 0.667. The van der Waals surface area contributed by atoms with Crippen LogP contribution in [-0.2, 0) is 16.6 Å². The molecule has 0 unspecified atom stereocenters. The maximum absolute atomic E-state index is 12.4. The largest absolute Gasteiger partial charge is 0.444 e. The van der Waals surface area contributed by atoms with E-state index in [9.17, 15) is 9.59 Å². The van der Waals surface area contributed by atoms with Gasteiger partial charge in [-0.2, -0.15) is 5.10 Å². The van der Waals surface area contributed by atoms with Gasteiger partial charge in [0.25, 0.3) is 0 Å². The molecule has 22 heavy (non-hydrogen) atoms. The van der Waals surface area contributed by atoms with Crippen molar-refractivity contribution >= 4 is 17.8 Å². The Balaban J connectivity index is 2.05. The molecular formula is C15H24N4O3. The molecule has 0 aromatic carbocycles. The summed E-state index contributed by atoms with van der Waals surface area (Å²) in [7, 11) is 1.78. The minimum Gasteiger partial charge on any atom is -0.444 e. The Kier molecular flexibility index (Phi) is 4.73. The predicted octanol–water partition coefficient (Wildman–Crippen LogP) is 2.15. The number of hydrogen-bond acceptors (Lipinski definition) is 4. The maximum Gasteiger partial charge on any atom is 0.410 e. The van der Waals surface area contributed by atoms with Crippen molar-refractivity contribution in [3.05, 3.63) is 12.3 Å². The summed E-state index contributed by atoms with van der Waals surface area (Å²) in [5.74, 6) is 0.270. The average molecular weight is 308 g/mol. The van der Waals surface area contributed by atoms with E-state index in [1.165, 1.54) is 4.90 Å². The Morgan fingerprint density at radius 2 is 2.09 bits per heavy atom. The number of nitrogens with zero attached hydrogens (tertiary/aromatic N) is 3. The first-order valence-corrected chi connectivity index (χ1v) is 7.56. The van der Waals surface area contributed by atoms with E-state index in [0.717, 1.165) is 12.8 Å². The third kappa shape index (κ3) is 4.22. The number of hydrogen-bond donors (Lipinski definition) is 1. The van der Waals surface area contributed by atoms with Crippen molar-refractivity contribution in [2.24, 2.45) is 7.05 Å². The number of amides is 2. The van der Waals surface area contributed by atoms with Crippen LogP contribution in [0, 0.1) is 0 Å². The second kappa shape index (κ2) is 6.37. The highest BCUT2D eigenvalue weighted by Gasteiger charge is 2.34. The Hall–Kier alpha value is -2.05. The van der Waals surface area contributed by atoms with Crippen LogP contribution in [0.15, 0.2) is 12.3 Å². The molecular weight excluding hydrogens is 284 g/mol. The number of nitrogens with one attached hydrogen (secondary N) is 1. The van der Waals surface area contributed by atoms with E-state index < -0.39 is 17.7 Å². The van der Waals surface area contributed by atoms with E-state index in [2.05, 4.69) is 10.4 Å². The van der Waals surface area contributed by atoms with Crippen LogP contribution in [-0.4, -0.2) is 44.9 Å². The maximum atomic E-state index is 12.4. The van der Waals surface area contributed by atoms with Crippen molar-refractivity contribution in [1.29, 1.82) is 0 Å². The lowest BCUT2D eigenvalue weighted by Crippen LogP contribution is -2.51. The molecule has 1 fully saturated rings. The van der Waals surface area contributed by atoms with Gasteiger partial charge in [-0.3, -0.25) is 14.4 Å². The van der Waals surface area contributed by atoms with Crippen LogP contribution in [0.4, 0.5) is 10.6 Å². The molecule has 1 aliphatic rings. The van der Waals surface area contributed by atoms with Crippen molar-refractivity contribution < 1.29 is 14.3 Å². The highest BCUT2D eigenvalue weighted by atomic mass is 16.6. The van der Waals surface area contributed by atoms with Gasteiger partial charge in [-0.15, -0.1) is 0 Å². The average Bonchev–Trinajstić information content (AvgIpc) is 2.82. The van der Waals surface area contributed by atoms with Crippen molar-refractivity contribution in [2.45, 2.75) is 51.7 Å². The summed E-state index contributed by atoms with van der Waals surface area (Å²) < 4.78 is 7.01. The molecule has 7 nitrogen and oxygen atoms in total. The molecule has 1 atom stereocenters. The van der Waals surface area contributed by atoms with Gasteiger partial charge in [0, 0.05) is 25.9 Å². The van der Waals surface area contributed by atoms with Gasteiger partial charge in [-0.1, -0.05) is 0 Å². The van der Waals surface area contributed by atoms with Gasteiger partial charge in [-0.25, -0.2) is 4.79 Å². The Morgan fingerprint density at radius 1 is 1.36 bits per heavy atom. The summed E-state index contributed by atoms with van der Waals surface area (Å²) in [5.41, 5.74) is -0.573. The minimum atomic E-state index is -0.573. The van der Waals surface area contributed by atoms with Crippen LogP contribution < -0.4 is 5.32 Å². The van der Waals surface area contributed by atoms with E-state index in [1.807, 2.05) is 20.8 Å². The normalized spacial score (nSPS) is 18.9. The van der Waals surface area contributed by atoms with Crippen molar-refractivity contribution in [3.8, 4) is 0 Å². The summed E-state index contributed by atoms with van der Waals surface area (Å²) >= 11 is 0. The van der Waals surface area contributed by atoms with E-state index in [-0.39, 0.29) is 5.91 Å². The van der Waals surface area contributed by atoms with Crippen molar-refractivity contribution in [2.75, 3.05) is 11.9 Å². The summed E-state index contributed by atoms with van der Waals surface area (Å²) in [6, 6.07) is 1.21. The Bertz CT molecular complexity index is 547. The smallest absolute Gasteiger partial charge is 0.410 e. The quantitative estimate of drug-likeness (QED) is 0.908. The van der Waals surface area contributed by atoms with Crippen molar-refractivity contribution in [1.82, 2.24) is 14.7 Å². The van der Waals surface area contributed by atoms with Crippen LogP contribution >= 0.6 is 0 Å². The molecule has 2 heterocycles. The zero-order valence-corrected chi connectivity index (χ0v) is 13.6. The predicted molar refractivity (Wildman–Crippen MR) is 82.4 cm³/mol. The summed E-state index contributed by atoms with van der Waals surface area (Å²) in [6.45, 7) is 5.99. The molecule has 0 bridgehead atoms. The number of anilines is 1. The lowest BCUT2D eigenvalue weighted by Gasteiger charge is -2.35. The molecule has 0 saturated carbocycles. The topological polar surface area (TPSA) is 76.5 Å². The molecule has 122 valence electrons. The first-order chi connectivity index (χ1) is 10.3. The first kappa shape index (κ1) is 16.3. The SMILES string of the molecule is Cn1ccc(NC(=O)[C@H]2CCCCN2C(=O)OC(C)(C)C)n1. The van der Waals surface area contributed by atoms with Gasteiger partial charge in [0.1, 0.15) is 11.6 Å². The molecule has 1 saturated heterocycles. The standard InChI is InChI=1S/C15H24N4O3/c1-15(2,3)22-14(21)19-9-6-5-7-11(19)13(20)16-12-8-10-18(4)17-12/h8,10-11H,5-7,9H2,1-4H3,(H,16,17,20)/t11-/m1/s1. The van der Waals surface area contributed by atoms with E-state index in [1.54, 1.807) is 24.0 Å². The molecule has 1 aliphatic heterocycles. The molecule has 0 spiro atoms.